The second kappa shape index (κ2) is 5.27. The Kier molecular flexibility index (Phi) is 4.28. The average Bonchev–Trinajstić information content (AvgIpc) is 2.16. The zero-order valence-electron chi connectivity index (χ0n) is 7.66. The molecule has 2 N–H and O–H groups in total. The first-order valence-electron chi connectivity index (χ1n) is 4.15. The van der Waals surface area contributed by atoms with E-state index >= 15 is 0 Å². The molecule has 0 saturated carbocycles. The van der Waals surface area contributed by atoms with E-state index in [0.717, 1.165) is 6.07 Å². The maximum absolute atomic E-state index is 13.3. The van der Waals surface area contributed by atoms with Gasteiger partial charge in [-0.05, 0) is 6.07 Å². The van der Waals surface area contributed by atoms with Gasteiger partial charge in [0.25, 0.3) is 0 Å². The highest BCUT2D eigenvalue weighted by atomic mass is 32.1. The Labute approximate surface area is 90.6 Å². The highest BCUT2D eigenvalue weighted by Gasteiger charge is 2.12. The monoisotopic (exact) mass is 237 g/mol. The molecule has 0 aliphatic carbocycles. The molecule has 15 heavy (non-hydrogen) atoms. The van der Waals surface area contributed by atoms with E-state index in [0.29, 0.717) is 0 Å². The smallest absolute Gasteiger partial charge is 0.387 e. The lowest BCUT2D eigenvalue weighted by Crippen LogP contribution is -2.13. The van der Waals surface area contributed by atoms with Gasteiger partial charge in [-0.15, -0.1) is 0 Å². The molecule has 0 bridgehead atoms. The summed E-state index contributed by atoms with van der Waals surface area (Å²) in [5, 5.41) is 0. The highest BCUT2D eigenvalue weighted by Crippen LogP contribution is 2.22. The first kappa shape index (κ1) is 12.2. The lowest BCUT2D eigenvalue weighted by molar-refractivity contribution is -0.0500. The zero-order chi connectivity index (χ0) is 11.4. The van der Waals surface area contributed by atoms with Gasteiger partial charge < -0.3 is 10.5 Å². The second-order valence-corrected chi connectivity index (χ2v) is 3.22. The molecule has 0 aliphatic rings. The van der Waals surface area contributed by atoms with Crippen LogP contribution in [0.1, 0.15) is 11.6 Å². The number of thiol groups is 1. The van der Waals surface area contributed by atoms with Crippen LogP contribution in [0.4, 0.5) is 13.2 Å². The zero-order valence-corrected chi connectivity index (χ0v) is 8.55. The molecule has 1 atom stereocenters. The van der Waals surface area contributed by atoms with Crippen LogP contribution in [0.25, 0.3) is 0 Å². The van der Waals surface area contributed by atoms with E-state index in [4.69, 9.17) is 5.73 Å². The van der Waals surface area contributed by atoms with Crippen molar-refractivity contribution in [1.82, 2.24) is 0 Å². The molecule has 0 aromatic heterocycles. The van der Waals surface area contributed by atoms with E-state index in [1.54, 1.807) is 0 Å². The molecule has 1 aromatic carbocycles. The van der Waals surface area contributed by atoms with E-state index < -0.39 is 18.5 Å². The summed E-state index contributed by atoms with van der Waals surface area (Å²) >= 11 is 3.91. The average molecular weight is 237 g/mol. The maximum atomic E-state index is 13.3. The minimum absolute atomic E-state index is 0.224. The Hall–Kier alpha value is -0.880. The highest BCUT2D eigenvalue weighted by molar-refractivity contribution is 7.80. The first-order chi connectivity index (χ1) is 7.04. The van der Waals surface area contributed by atoms with Gasteiger partial charge in [-0.1, -0.05) is 6.07 Å². The van der Waals surface area contributed by atoms with Crippen LogP contribution in [0.3, 0.4) is 0 Å². The Bertz CT molecular complexity index is 335. The fraction of sp³-hybridized carbons (Fsp3) is 0.333. The van der Waals surface area contributed by atoms with Crippen LogP contribution < -0.4 is 10.5 Å². The molecular weight excluding hydrogens is 227 g/mol. The van der Waals surface area contributed by atoms with Gasteiger partial charge >= 0.3 is 6.61 Å². The molecule has 1 unspecified atom stereocenters. The summed E-state index contributed by atoms with van der Waals surface area (Å²) in [6.07, 6.45) is 0. The number of benzene rings is 1. The predicted octanol–water partition coefficient (Wildman–Crippen LogP) is 2.36. The summed E-state index contributed by atoms with van der Waals surface area (Å²) in [6.45, 7) is -2.96. The fourth-order valence-corrected chi connectivity index (χ4v) is 1.28. The number of nitrogens with two attached hydrogens (primary N) is 1. The molecule has 0 radical (unpaired) electrons. The summed E-state index contributed by atoms with van der Waals surface area (Å²) in [7, 11) is 0. The molecule has 6 heteroatoms. The van der Waals surface area contributed by atoms with Crippen LogP contribution in [0.2, 0.25) is 0 Å². The molecule has 0 amide bonds. The number of hydrogen-bond donors (Lipinski definition) is 2. The number of alkyl halides is 2. The van der Waals surface area contributed by atoms with Crippen molar-refractivity contribution in [2.45, 2.75) is 12.7 Å². The topological polar surface area (TPSA) is 35.2 Å². The van der Waals surface area contributed by atoms with Gasteiger partial charge in [0, 0.05) is 23.4 Å². The Morgan fingerprint density at radius 3 is 2.53 bits per heavy atom. The third-order valence-electron chi connectivity index (χ3n) is 1.79. The Morgan fingerprint density at radius 1 is 1.40 bits per heavy atom. The molecule has 1 aromatic rings. The number of rotatable bonds is 4. The maximum Gasteiger partial charge on any atom is 0.387 e. The minimum atomic E-state index is -2.96. The summed E-state index contributed by atoms with van der Waals surface area (Å²) in [4.78, 5) is 0. The van der Waals surface area contributed by atoms with Crippen LogP contribution >= 0.6 is 12.6 Å². The number of hydrogen-bond acceptors (Lipinski definition) is 3. The van der Waals surface area contributed by atoms with E-state index in [9.17, 15) is 13.2 Å². The molecule has 0 spiro atoms. The lowest BCUT2D eigenvalue weighted by Gasteiger charge is -2.11. The van der Waals surface area contributed by atoms with E-state index in [1.165, 1.54) is 12.1 Å². The number of ether oxygens (including phenoxy) is 1. The van der Waals surface area contributed by atoms with Gasteiger partial charge in [0.05, 0.1) is 0 Å². The molecule has 0 heterocycles. The van der Waals surface area contributed by atoms with Gasteiger partial charge in [0.2, 0.25) is 0 Å². The second-order valence-electron chi connectivity index (χ2n) is 2.85. The first-order valence-corrected chi connectivity index (χ1v) is 4.78. The van der Waals surface area contributed by atoms with E-state index in [1.807, 2.05) is 0 Å². The van der Waals surface area contributed by atoms with Crippen molar-refractivity contribution in [2.75, 3.05) is 5.75 Å². The molecule has 1 rings (SSSR count). The minimum Gasteiger partial charge on any atom is -0.435 e. The van der Waals surface area contributed by atoms with E-state index in [-0.39, 0.29) is 17.1 Å². The van der Waals surface area contributed by atoms with E-state index in [2.05, 4.69) is 17.4 Å². The van der Waals surface area contributed by atoms with Crippen molar-refractivity contribution in [2.24, 2.45) is 5.73 Å². The third-order valence-corrected chi connectivity index (χ3v) is 2.19. The molecule has 0 aliphatic heterocycles. The largest absolute Gasteiger partial charge is 0.435 e. The van der Waals surface area contributed by atoms with Crippen molar-refractivity contribution in [3.8, 4) is 5.75 Å². The summed E-state index contributed by atoms with van der Waals surface area (Å²) in [6, 6.07) is 2.88. The van der Waals surface area contributed by atoms with Crippen molar-refractivity contribution < 1.29 is 17.9 Å². The van der Waals surface area contributed by atoms with Gasteiger partial charge in [-0.25, -0.2) is 4.39 Å². The fourth-order valence-electron chi connectivity index (χ4n) is 1.08. The van der Waals surface area contributed by atoms with Crippen LogP contribution in [-0.4, -0.2) is 12.4 Å². The van der Waals surface area contributed by atoms with Crippen LogP contribution in [0, 0.1) is 5.82 Å². The molecule has 0 fully saturated rings. The van der Waals surface area contributed by atoms with Gasteiger partial charge in [-0.3, -0.25) is 0 Å². The SMILES string of the molecule is NC(CS)c1ccc(OC(F)F)cc1F. The summed E-state index contributed by atoms with van der Waals surface area (Å²) in [5.41, 5.74) is 5.77. The van der Waals surface area contributed by atoms with Gasteiger partial charge in [0.1, 0.15) is 11.6 Å². The molecule has 0 saturated heterocycles. The standard InChI is InChI=1S/C9H10F3NOS/c10-7-3-5(14-9(11)12)1-2-6(7)8(13)4-15/h1-3,8-9,15H,4,13H2. The quantitative estimate of drug-likeness (QED) is 0.788. The Morgan fingerprint density at radius 2 is 2.07 bits per heavy atom. The third kappa shape index (κ3) is 3.32. The van der Waals surface area contributed by atoms with Crippen molar-refractivity contribution in [1.29, 1.82) is 0 Å². The molecule has 84 valence electrons. The Balaban J connectivity index is 2.88. The molecule has 2 nitrogen and oxygen atoms in total. The number of halogens is 3. The van der Waals surface area contributed by atoms with Gasteiger partial charge in [-0.2, -0.15) is 21.4 Å². The van der Waals surface area contributed by atoms with Gasteiger partial charge in [0.15, 0.2) is 0 Å². The van der Waals surface area contributed by atoms with Crippen molar-refractivity contribution in [3.63, 3.8) is 0 Å². The predicted molar refractivity (Wildman–Crippen MR) is 53.8 cm³/mol. The van der Waals surface area contributed by atoms with Crippen LogP contribution in [0.15, 0.2) is 18.2 Å². The molecular formula is C9H10F3NOS. The van der Waals surface area contributed by atoms with Crippen molar-refractivity contribution in [3.05, 3.63) is 29.6 Å². The normalized spacial score (nSPS) is 12.9. The lowest BCUT2D eigenvalue weighted by atomic mass is 10.1. The summed E-state index contributed by atoms with van der Waals surface area (Å²) < 4.78 is 40.9. The van der Waals surface area contributed by atoms with Crippen LogP contribution in [0.5, 0.6) is 5.75 Å². The summed E-state index contributed by atoms with van der Waals surface area (Å²) in [5.74, 6) is -0.626. The van der Waals surface area contributed by atoms with Crippen LogP contribution in [-0.2, 0) is 0 Å². The van der Waals surface area contributed by atoms with Crippen molar-refractivity contribution >= 4 is 12.6 Å².